The maximum Gasteiger partial charge on any atom is 0.131 e. The summed E-state index contributed by atoms with van der Waals surface area (Å²) in [5, 5.41) is 8.95. The Morgan fingerprint density at radius 2 is 2.00 bits per heavy atom. The zero-order chi connectivity index (χ0) is 13.8. The number of aliphatic hydroxyl groups is 1. The van der Waals surface area contributed by atoms with E-state index in [0.717, 1.165) is 28.1 Å². The Bertz CT molecular complexity index is 582. The molecule has 4 nitrogen and oxygen atoms in total. The third-order valence-electron chi connectivity index (χ3n) is 3.06. The van der Waals surface area contributed by atoms with Crippen LogP contribution in [0.5, 0.6) is 5.75 Å². The zero-order valence-electron chi connectivity index (χ0n) is 11.5. The molecule has 0 bridgehead atoms. The number of methoxy groups -OCH3 is 1. The monoisotopic (exact) mass is 258 g/mol. The second kappa shape index (κ2) is 5.80. The van der Waals surface area contributed by atoms with Gasteiger partial charge < -0.3 is 9.84 Å². The van der Waals surface area contributed by atoms with Crippen molar-refractivity contribution in [3.05, 3.63) is 41.3 Å². The molecule has 1 N–H and O–H groups in total. The number of aryl methyl sites for hydroxylation is 2. The Labute approximate surface area is 113 Å². The lowest BCUT2D eigenvalue weighted by atomic mass is 10.0. The molecule has 0 fully saturated rings. The summed E-state index contributed by atoms with van der Waals surface area (Å²) >= 11 is 0. The second-order valence-corrected chi connectivity index (χ2v) is 4.47. The van der Waals surface area contributed by atoms with Crippen LogP contribution < -0.4 is 4.74 Å². The van der Waals surface area contributed by atoms with Crippen molar-refractivity contribution in [3.8, 4) is 17.0 Å². The molecule has 0 saturated heterocycles. The minimum Gasteiger partial charge on any atom is -0.496 e. The molecule has 1 aromatic carbocycles. The number of rotatable bonds is 4. The molecular formula is C15H18N2O2. The van der Waals surface area contributed by atoms with Crippen LogP contribution in [0.15, 0.2) is 24.4 Å². The first-order valence-electron chi connectivity index (χ1n) is 6.24. The van der Waals surface area contributed by atoms with E-state index in [1.165, 1.54) is 0 Å². The van der Waals surface area contributed by atoms with Gasteiger partial charge in [-0.05, 0) is 43.2 Å². The standard InChI is InChI=1S/C15H18N2O2/c1-10-9-14(19-3)11(2)8-12(10)13-4-6-16-15(17-13)5-7-18/h4,6,8-9,18H,5,7H2,1-3H3. The number of aliphatic hydroxyl groups excluding tert-OH is 1. The average molecular weight is 258 g/mol. The van der Waals surface area contributed by atoms with Crippen LogP contribution in [0.25, 0.3) is 11.3 Å². The summed E-state index contributed by atoms with van der Waals surface area (Å²) in [5.74, 6) is 1.54. The molecule has 0 atom stereocenters. The normalized spacial score (nSPS) is 10.5. The molecule has 2 rings (SSSR count). The first-order valence-corrected chi connectivity index (χ1v) is 6.24. The lowest BCUT2D eigenvalue weighted by molar-refractivity contribution is 0.296. The van der Waals surface area contributed by atoms with Gasteiger partial charge in [-0.3, -0.25) is 0 Å². The van der Waals surface area contributed by atoms with Crippen molar-refractivity contribution < 1.29 is 9.84 Å². The van der Waals surface area contributed by atoms with Crippen LogP contribution in [-0.2, 0) is 6.42 Å². The Hall–Kier alpha value is -1.94. The van der Waals surface area contributed by atoms with Crippen LogP contribution in [0.1, 0.15) is 17.0 Å². The molecule has 2 aromatic rings. The predicted molar refractivity (Wildman–Crippen MR) is 74.3 cm³/mol. The summed E-state index contributed by atoms with van der Waals surface area (Å²) in [6, 6.07) is 5.97. The Morgan fingerprint density at radius 1 is 1.21 bits per heavy atom. The van der Waals surface area contributed by atoms with Crippen molar-refractivity contribution in [1.29, 1.82) is 0 Å². The Balaban J connectivity index is 2.46. The molecule has 0 aliphatic rings. The third kappa shape index (κ3) is 2.90. The van der Waals surface area contributed by atoms with E-state index in [-0.39, 0.29) is 6.61 Å². The van der Waals surface area contributed by atoms with Gasteiger partial charge in [0, 0.05) is 18.2 Å². The molecule has 4 heteroatoms. The number of benzene rings is 1. The fourth-order valence-electron chi connectivity index (χ4n) is 2.06. The van der Waals surface area contributed by atoms with Gasteiger partial charge in [-0.1, -0.05) is 0 Å². The average Bonchev–Trinajstić information content (AvgIpc) is 2.41. The van der Waals surface area contributed by atoms with E-state index in [2.05, 4.69) is 16.0 Å². The van der Waals surface area contributed by atoms with E-state index in [0.29, 0.717) is 12.2 Å². The van der Waals surface area contributed by atoms with Gasteiger partial charge in [0.2, 0.25) is 0 Å². The fraction of sp³-hybridized carbons (Fsp3) is 0.333. The summed E-state index contributed by atoms with van der Waals surface area (Å²) in [7, 11) is 1.67. The van der Waals surface area contributed by atoms with Crippen LogP contribution in [0.3, 0.4) is 0 Å². The van der Waals surface area contributed by atoms with Gasteiger partial charge in [-0.15, -0.1) is 0 Å². The summed E-state index contributed by atoms with van der Waals surface area (Å²) < 4.78 is 5.31. The molecule has 100 valence electrons. The molecule has 1 aromatic heterocycles. The second-order valence-electron chi connectivity index (χ2n) is 4.47. The molecule has 0 aliphatic carbocycles. The number of ether oxygens (including phenoxy) is 1. The van der Waals surface area contributed by atoms with Gasteiger partial charge in [0.05, 0.1) is 19.4 Å². The van der Waals surface area contributed by atoms with Crippen LogP contribution in [0, 0.1) is 13.8 Å². The highest BCUT2D eigenvalue weighted by Gasteiger charge is 2.09. The quantitative estimate of drug-likeness (QED) is 0.914. The van der Waals surface area contributed by atoms with Crippen LogP contribution in [0.4, 0.5) is 0 Å². The summed E-state index contributed by atoms with van der Waals surface area (Å²) in [6.45, 7) is 4.10. The van der Waals surface area contributed by atoms with Crippen LogP contribution in [0.2, 0.25) is 0 Å². The smallest absolute Gasteiger partial charge is 0.131 e. The molecule has 0 amide bonds. The first-order chi connectivity index (χ1) is 9.15. The highest BCUT2D eigenvalue weighted by Crippen LogP contribution is 2.28. The SMILES string of the molecule is COc1cc(C)c(-c2ccnc(CCO)n2)cc1C. The number of nitrogens with zero attached hydrogens (tertiary/aromatic N) is 2. The molecule has 1 heterocycles. The van der Waals surface area contributed by atoms with Crippen molar-refractivity contribution >= 4 is 0 Å². The van der Waals surface area contributed by atoms with E-state index in [1.807, 2.05) is 26.0 Å². The van der Waals surface area contributed by atoms with Gasteiger partial charge in [0.15, 0.2) is 0 Å². The van der Waals surface area contributed by atoms with Crippen LogP contribution >= 0.6 is 0 Å². The Morgan fingerprint density at radius 3 is 2.68 bits per heavy atom. The minimum absolute atomic E-state index is 0.0596. The van der Waals surface area contributed by atoms with Crippen molar-refractivity contribution in [1.82, 2.24) is 9.97 Å². The third-order valence-corrected chi connectivity index (χ3v) is 3.06. The molecule has 0 saturated carbocycles. The van der Waals surface area contributed by atoms with E-state index >= 15 is 0 Å². The number of hydrogen-bond acceptors (Lipinski definition) is 4. The molecule has 0 unspecified atom stereocenters. The van der Waals surface area contributed by atoms with Gasteiger partial charge in [-0.2, -0.15) is 0 Å². The first kappa shape index (κ1) is 13.5. The van der Waals surface area contributed by atoms with Gasteiger partial charge in [0.1, 0.15) is 11.6 Å². The van der Waals surface area contributed by atoms with Gasteiger partial charge in [0.25, 0.3) is 0 Å². The highest BCUT2D eigenvalue weighted by atomic mass is 16.5. The van der Waals surface area contributed by atoms with Gasteiger partial charge >= 0.3 is 0 Å². The summed E-state index contributed by atoms with van der Waals surface area (Å²) in [4.78, 5) is 8.62. The van der Waals surface area contributed by atoms with Crippen molar-refractivity contribution in [2.24, 2.45) is 0 Å². The van der Waals surface area contributed by atoms with E-state index in [4.69, 9.17) is 9.84 Å². The van der Waals surface area contributed by atoms with E-state index in [9.17, 15) is 0 Å². The molecule has 19 heavy (non-hydrogen) atoms. The van der Waals surface area contributed by atoms with E-state index < -0.39 is 0 Å². The summed E-state index contributed by atoms with van der Waals surface area (Å²) in [6.07, 6.45) is 2.20. The molecule has 0 aliphatic heterocycles. The van der Waals surface area contributed by atoms with Crippen LogP contribution in [-0.4, -0.2) is 28.8 Å². The largest absolute Gasteiger partial charge is 0.496 e. The lowest BCUT2D eigenvalue weighted by Crippen LogP contribution is -2.00. The Kier molecular flexibility index (Phi) is 4.12. The van der Waals surface area contributed by atoms with Gasteiger partial charge in [-0.25, -0.2) is 9.97 Å². The lowest BCUT2D eigenvalue weighted by Gasteiger charge is -2.11. The zero-order valence-corrected chi connectivity index (χ0v) is 11.5. The molecule has 0 spiro atoms. The molecule has 0 radical (unpaired) electrons. The number of aromatic nitrogens is 2. The van der Waals surface area contributed by atoms with Crippen molar-refractivity contribution in [3.63, 3.8) is 0 Å². The maximum atomic E-state index is 8.95. The number of hydrogen-bond donors (Lipinski definition) is 1. The van der Waals surface area contributed by atoms with Crippen molar-refractivity contribution in [2.45, 2.75) is 20.3 Å². The molecular weight excluding hydrogens is 240 g/mol. The highest BCUT2D eigenvalue weighted by molar-refractivity contribution is 5.66. The maximum absolute atomic E-state index is 8.95. The minimum atomic E-state index is 0.0596. The summed E-state index contributed by atoms with van der Waals surface area (Å²) in [5.41, 5.74) is 4.13. The predicted octanol–water partition coefficient (Wildman–Crippen LogP) is 2.30. The van der Waals surface area contributed by atoms with Crippen molar-refractivity contribution in [2.75, 3.05) is 13.7 Å². The van der Waals surface area contributed by atoms with E-state index in [1.54, 1.807) is 13.3 Å². The topological polar surface area (TPSA) is 55.2 Å². The fourth-order valence-corrected chi connectivity index (χ4v) is 2.06.